The molecule has 0 aliphatic carbocycles. The molecule has 1 amide bonds. The normalized spacial score (nSPS) is 26.1. The highest BCUT2D eigenvalue weighted by atomic mass is 16.4. The zero-order valence-corrected chi connectivity index (χ0v) is 11.3. The van der Waals surface area contributed by atoms with Gasteiger partial charge in [-0.3, -0.25) is 14.5 Å². The number of carbonyl (C=O) groups excluding carboxylic acids is 1. The van der Waals surface area contributed by atoms with Crippen molar-refractivity contribution in [3.63, 3.8) is 0 Å². The Hall–Kier alpha value is -1.14. The van der Waals surface area contributed by atoms with Gasteiger partial charge in [0.05, 0.1) is 12.5 Å². The van der Waals surface area contributed by atoms with Crippen molar-refractivity contribution in [1.82, 2.24) is 15.1 Å². The van der Waals surface area contributed by atoms with Crippen LogP contribution < -0.4 is 5.32 Å². The summed E-state index contributed by atoms with van der Waals surface area (Å²) < 4.78 is 0. The maximum Gasteiger partial charge on any atom is 0.305 e. The Balaban J connectivity index is 1.84. The van der Waals surface area contributed by atoms with Crippen molar-refractivity contribution in [3.05, 3.63) is 0 Å². The summed E-state index contributed by atoms with van der Waals surface area (Å²) in [5.74, 6) is -1.06. The molecule has 0 aromatic carbocycles. The second-order valence-corrected chi connectivity index (χ2v) is 5.34. The van der Waals surface area contributed by atoms with Crippen molar-refractivity contribution in [2.75, 3.05) is 39.3 Å². The Morgan fingerprint density at radius 3 is 2.63 bits per heavy atom. The second kappa shape index (κ2) is 6.86. The number of likely N-dealkylation sites (tertiary alicyclic amines) is 1. The number of rotatable bonds is 5. The van der Waals surface area contributed by atoms with E-state index in [1.54, 1.807) is 0 Å². The summed E-state index contributed by atoms with van der Waals surface area (Å²) >= 11 is 0. The number of hydrogen-bond acceptors (Lipinski definition) is 4. The molecule has 1 unspecified atom stereocenters. The standard InChI is InChI=1S/C13H23N3O3/c17-12(18)10-11-13(19)14-4-7-16(11)9-8-15-5-2-1-3-6-15/h11H,1-10H2,(H,14,19)(H,17,18). The van der Waals surface area contributed by atoms with E-state index in [1.165, 1.54) is 19.3 Å². The maximum atomic E-state index is 11.8. The molecule has 6 heteroatoms. The lowest BCUT2D eigenvalue weighted by molar-refractivity contribution is -0.143. The molecule has 2 saturated heterocycles. The molecule has 0 spiro atoms. The van der Waals surface area contributed by atoms with Gasteiger partial charge in [-0.1, -0.05) is 6.42 Å². The Kier molecular flexibility index (Phi) is 5.15. The SMILES string of the molecule is O=C(O)CC1C(=O)NCCN1CCN1CCCCC1. The van der Waals surface area contributed by atoms with Gasteiger partial charge >= 0.3 is 5.97 Å². The first-order valence-electron chi connectivity index (χ1n) is 7.13. The Morgan fingerprint density at radius 2 is 1.95 bits per heavy atom. The lowest BCUT2D eigenvalue weighted by Gasteiger charge is -2.36. The summed E-state index contributed by atoms with van der Waals surface area (Å²) in [7, 11) is 0. The fourth-order valence-corrected chi connectivity index (χ4v) is 2.87. The number of piperazine rings is 1. The first kappa shape index (κ1) is 14.3. The highest BCUT2D eigenvalue weighted by molar-refractivity contribution is 5.86. The average Bonchev–Trinajstić information content (AvgIpc) is 2.40. The summed E-state index contributed by atoms with van der Waals surface area (Å²) in [5, 5.41) is 11.6. The van der Waals surface area contributed by atoms with Crippen LogP contribution in [-0.4, -0.2) is 72.1 Å². The molecule has 19 heavy (non-hydrogen) atoms. The number of nitrogens with one attached hydrogen (secondary N) is 1. The number of carboxylic acids is 1. The minimum Gasteiger partial charge on any atom is -0.481 e. The molecule has 108 valence electrons. The van der Waals surface area contributed by atoms with E-state index >= 15 is 0 Å². The molecular formula is C13H23N3O3. The summed E-state index contributed by atoms with van der Waals surface area (Å²) in [6, 6.07) is -0.504. The van der Waals surface area contributed by atoms with Gasteiger partial charge in [-0.15, -0.1) is 0 Å². The number of piperidine rings is 1. The van der Waals surface area contributed by atoms with Crippen LogP contribution in [0.25, 0.3) is 0 Å². The number of carboxylic acid groups (broad SMARTS) is 1. The van der Waals surface area contributed by atoms with Crippen LogP contribution in [0.1, 0.15) is 25.7 Å². The number of amides is 1. The molecule has 2 N–H and O–H groups in total. The fraction of sp³-hybridized carbons (Fsp3) is 0.846. The van der Waals surface area contributed by atoms with Crippen LogP contribution in [0.3, 0.4) is 0 Å². The van der Waals surface area contributed by atoms with E-state index in [0.29, 0.717) is 6.54 Å². The topological polar surface area (TPSA) is 72.9 Å². The first-order chi connectivity index (χ1) is 9.16. The average molecular weight is 269 g/mol. The second-order valence-electron chi connectivity index (χ2n) is 5.34. The van der Waals surface area contributed by atoms with E-state index in [0.717, 1.165) is 32.7 Å². The Labute approximate surface area is 113 Å². The van der Waals surface area contributed by atoms with Crippen LogP contribution in [0.4, 0.5) is 0 Å². The highest BCUT2D eigenvalue weighted by Gasteiger charge is 2.31. The summed E-state index contributed by atoms with van der Waals surface area (Å²) in [6.45, 7) is 5.34. The van der Waals surface area contributed by atoms with E-state index in [4.69, 9.17) is 5.11 Å². The summed E-state index contributed by atoms with van der Waals surface area (Å²) in [4.78, 5) is 27.0. The van der Waals surface area contributed by atoms with Gasteiger partial charge in [0.1, 0.15) is 0 Å². The van der Waals surface area contributed by atoms with Crippen molar-refractivity contribution >= 4 is 11.9 Å². The quantitative estimate of drug-likeness (QED) is 0.720. The molecule has 2 aliphatic rings. The van der Waals surface area contributed by atoms with Crippen LogP contribution in [0.2, 0.25) is 0 Å². The Bertz CT molecular complexity index is 329. The molecule has 0 aromatic rings. The van der Waals surface area contributed by atoms with Crippen molar-refractivity contribution in [2.45, 2.75) is 31.7 Å². The van der Waals surface area contributed by atoms with Crippen molar-refractivity contribution in [1.29, 1.82) is 0 Å². The van der Waals surface area contributed by atoms with Crippen LogP contribution >= 0.6 is 0 Å². The predicted molar refractivity (Wildman–Crippen MR) is 70.9 cm³/mol. The fourth-order valence-electron chi connectivity index (χ4n) is 2.87. The van der Waals surface area contributed by atoms with Crippen LogP contribution in [0.15, 0.2) is 0 Å². The van der Waals surface area contributed by atoms with Gasteiger partial charge in [-0.2, -0.15) is 0 Å². The van der Waals surface area contributed by atoms with E-state index in [1.807, 2.05) is 4.90 Å². The third kappa shape index (κ3) is 4.18. The highest BCUT2D eigenvalue weighted by Crippen LogP contribution is 2.11. The van der Waals surface area contributed by atoms with Crippen molar-refractivity contribution < 1.29 is 14.7 Å². The minimum atomic E-state index is -0.912. The maximum absolute atomic E-state index is 11.8. The Morgan fingerprint density at radius 1 is 1.21 bits per heavy atom. The zero-order valence-electron chi connectivity index (χ0n) is 11.3. The van der Waals surface area contributed by atoms with E-state index in [9.17, 15) is 9.59 Å². The van der Waals surface area contributed by atoms with Crippen molar-refractivity contribution in [3.8, 4) is 0 Å². The summed E-state index contributed by atoms with van der Waals surface area (Å²) in [5.41, 5.74) is 0. The lowest BCUT2D eigenvalue weighted by atomic mass is 10.1. The number of nitrogens with zero attached hydrogens (tertiary/aromatic N) is 2. The van der Waals surface area contributed by atoms with Gasteiger partial charge in [-0.25, -0.2) is 0 Å². The lowest BCUT2D eigenvalue weighted by Crippen LogP contribution is -2.57. The van der Waals surface area contributed by atoms with Gasteiger partial charge in [0.25, 0.3) is 0 Å². The first-order valence-corrected chi connectivity index (χ1v) is 7.13. The van der Waals surface area contributed by atoms with Crippen LogP contribution in [0, 0.1) is 0 Å². The molecule has 0 radical (unpaired) electrons. The molecule has 0 saturated carbocycles. The molecule has 2 aliphatic heterocycles. The van der Waals surface area contributed by atoms with Gasteiger partial charge in [0.2, 0.25) is 5.91 Å². The van der Waals surface area contributed by atoms with Gasteiger partial charge in [-0.05, 0) is 25.9 Å². The van der Waals surface area contributed by atoms with E-state index in [-0.39, 0.29) is 12.3 Å². The van der Waals surface area contributed by atoms with E-state index < -0.39 is 12.0 Å². The molecule has 6 nitrogen and oxygen atoms in total. The molecule has 2 fully saturated rings. The van der Waals surface area contributed by atoms with Crippen LogP contribution in [-0.2, 0) is 9.59 Å². The summed E-state index contributed by atoms with van der Waals surface area (Å²) in [6.07, 6.45) is 3.70. The third-order valence-corrected chi connectivity index (χ3v) is 3.96. The molecule has 1 atom stereocenters. The smallest absolute Gasteiger partial charge is 0.305 e. The zero-order chi connectivity index (χ0) is 13.7. The molecule has 2 heterocycles. The number of carbonyl (C=O) groups is 2. The molecule has 0 bridgehead atoms. The monoisotopic (exact) mass is 269 g/mol. The molecule has 2 rings (SSSR count). The minimum absolute atomic E-state index is 0.105. The van der Waals surface area contributed by atoms with E-state index in [2.05, 4.69) is 10.2 Å². The molecule has 0 aromatic heterocycles. The molecular weight excluding hydrogens is 246 g/mol. The third-order valence-electron chi connectivity index (χ3n) is 3.96. The number of hydrogen-bond donors (Lipinski definition) is 2. The van der Waals surface area contributed by atoms with Gasteiger partial charge < -0.3 is 15.3 Å². The number of aliphatic carboxylic acids is 1. The van der Waals surface area contributed by atoms with Gasteiger partial charge in [0, 0.05) is 26.2 Å². The largest absolute Gasteiger partial charge is 0.481 e. The van der Waals surface area contributed by atoms with Crippen LogP contribution in [0.5, 0.6) is 0 Å². The van der Waals surface area contributed by atoms with Crippen molar-refractivity contribution in [2.24, 2.45) is 0 Å². The predicted octanol–water partition coefficient (Wildman–Crippen LogP) is -0.253. The van der Waals surface area contributed by atoms with Gasteiger partial charge in [0.15, 0.2) is 0 Å².